The summed E-state index contributed by atoms with van der Waals surface area (Å²) in [6.45, 7) is 0. The number of halogens is 1. The van der Waals surface area contributed by atoms with Crippen molar-refractivity contribution < 1.29 is 14.3 Å². The van der Waals surface area contributed by atoms with Gasteiger partial charge in [0.15, 0.2) is 0 Å². The highest BCUT2D eigenvalue weighted by Gasteiger charge is 2.02. The minimum atomic E-state index is -0.904. The fourth-order valence-electron chi connectivity index (χ4n) is 1.01. The zero-order valence-electron chi connectivity index (χ0n) is 7.87. The Morgan fingerprint density at radius 2 is 2.20 bits per heavy atom. The van der Waals surface area contributed by atoms with Gasteiger partial charge in [-0.05, 0) is 18.2 Å². The van der Waals surface area contributed by atoms with Gasteiger partial charge < -0.3 is 10.4 Å². The van der Waals surface area contributed by atoms with Crippen molar-refractivity contribution in [2.24, 2.45) is 0 Å². The highest BCUT2D eigenvalue weighted by molar-refractivity contribution is 7.80. The van der Waals surface area contributed by atoms with Crippen LogP contribution in [0, 0.1) is 5.82 Å². The molecule has 0 amide bonds. The van der Waals surface area contributed by atoms with Gasteiger partial charge in [-0.3, -0.25) is 4.79 Å². The summed E-state index contributed by atoms with van der Waals surface area (Å²) in [7, 11) is 0. The fraction of sp³-hybridized carbons (Fsp3) is 0.200. The van der Waals surface area contributed by atoms with Crippen molar-refractivity contribution in [2.45, 2.75) is 12.8 Å². The van der Waals surface area contributed by atoms with Gasteiger partial charge >= 0.3 is 5.97 Å². The van der Waals surface area contributed by atoms with Crippen molar-refractivity contribution in [3.05, 3.63) is 30.1 Å². The van der Waals surface area contributed by atoms with Gasteiger partial charge in [0.05, 0.1) is 11.4 Å². The van der Waals surface area contributed by atoms with Crippen molar-refractivity contribution in [3.8, 4) is 0 Å². The van der Waals surface area contributed by atoms with Crippen LogP contribution in [0.4, 0.5) is 10.1 Å². The van der Waals surface area contributed by atoms with Crippen LogP contribution in [0.2, 0.25) is 0 Å². The third kappa shape index (κ3) is 4.51. The molecule has 15 heavy (non-hydrogen) atoms. The van der Waals surface area contributed by atoms with Crippen LogP contribution in [0.25, 0.3) is 0 Å². The number of benzene rings is 1. The molecule has 0 aliphatic carbocycles. The topological polar surface area (TPSA) is 49.3 Å². The fourth-order valence-corrected chi connectivity index (χ4v) is 1.23. The van der Waals surface area contributed by atoms with Gasteiger partial charge in [0.2, 0.25) is 0 Å². The maximum absolute atomic E-state index is 12.8. The first kappa shape index (κ1) is 11.6. The summed E-state index contributed by atoms with van der Waals surface area (Å²) < 4.78 is 12.8. The molecular weight excluding hydrogens is 217 g/mol. The van der Waals surface area contributed by atoms with Gasteiger partial charge in [0.25, 0.3) is 0 Å². The molecule has 80 valence electrons. The molecule has 1 aromatic rings. The Morgan fingerprint density at radius 1 is 1.47 bits per heavy atom. The summed E-state index contributed by atoms with van der Waals surface area (Å²) in [5, 5.41) is 11.2. The maximum Gasteiger partial charge on any atom is 0.303 e. The summed E-state index contributed by atoms with van der Waals surface area (Å²) in [6.07, 6.45) is 0.225. The molecule has 1 aromatic carbocycles. The number of carboxylic acid groups (broad SMARTS) is 1. The van der Waals surface area contributed by atoms with Gasteiger partial charge in [-0.15, -0.1) is 0 Å². The Balaban J connectivity index is 2.48. The van der Waals surface area contributed by atoms with Crippen molar-refractivity contribution in [1.82, 2.24) is 0 Å². The summed E-state index contributed by atoms with van der Waals surface area (Å²) in [5.74, 6) is -1.26. The lowest BCUT2D eigenvalue weighted by atomic mass is 10.2. The van der Waals surface area contributed by atoms with Gasteiger partial charge in [0.1, 0.15) is 5.82 Å². The van der Waals surface area contributed by atoms with E-state index >= 15 is 0 Å². The Morgan fingerprint density at radius 3 is 2.80 bits per heavy atom. The first-order valence-corrected chi connectivity index (χ1v) is 4.76. The second-order valence-electron chi connectivity index (χ2n) is 2.95. The Bertz CT molecular complexity index is 381. The predicted octanol–water partition coefficient (Wildman–Crippen LogP) is 2.43. The normalized spacial score (nSPS) is 9.67. The molecule has 0 unspecified atom stereocenters. The van der Waals surface area contributed by atoms with E-state index in [1.165, 1.54) is 12.1 Å². The number of rotatable bonds is 4. The molecule has 3 nitrogen and oxygen atoms in total. The average Bonchev–Trinajstić information content (AvgIpc) is 2.15. The van der Waals surface area contributed by atoms with Crippen LogP contribution >= 0.6 is 12.2 Å². The van der Waals surface area contributed by atoms with Gasteiger partial charge in [0, 0.05) is 12.1 Å². The third-order valence-corrected chi connectivity index (χ3v) is 1.98. The molecule has 0 aliphatic heterocycles. The summed E-state index contributed by atoms with van der Waals surface area (Å²) >= 11 is 4.90. The second kappa shape index (κ2) is 5.41. The van der Waals surface area contributed by atoms with Crippen LogP contribution in [0.15, 0.2) is 24.3 Å². The number of carbonyl (C=O) groups is 1. The number of anilines is 1. The van der Waals surface area contributed by atoms with Crippen molar-refractivity contribution >= 4 is 28.9 Å². The van der Waals surface area contributed by atoms with E-state index in [-0.39, 0.29) is 18.7 Å². The molecule has 0 heterocycles. The lowest BCUT2D eigenvalue weighted by Crippen LogP contribution is -2.11. The van der Waals surface area contributed by atoms with E-state index in [1.54, 1.807) is 12.1 Å². The summed E-state index contributed by atoms with van der Waals surface area (Å²) in [5.41, 5.74) is 0.533. The van der Waals surface area contributed by atoms with Crippen molar-refractivity contribution in [2.75, 3.05) is 5.32 Å². The molecule has 0 aliphatic rings. The lowest BCUT2D eigenvalue weighted by Gasteiger charge is -2.06. The van der Waals surface area contributed by atoms with E-state index < -0.39 is 5.97 Å². The van der Waals surface area contributed by atoms with Crippen LogP contribution in [-0.2, 0) is 4.79 Å². The number of hydrogen-bond donors (Lipinski definition) is 2. The Labute approximate surface area is 91.9 Å². The molecule has 0 saturated heterocycles. The van der Waals surface area contributed by atoms with E-state index in [4.69, 9.17) is 17.3 Å². The predicted molar refractivity (Wildman–Crippen MR) is 59.5 cm³/mol. The molecule has 0 aromatic heterocycles. The van der Waals surface area contributed by atoms with E-state index in [9.17, 15) is 9.18 Å². The van der Waals surface area contributed by atoms with E-state index in [1.807, 2.05) is 0 Å². The SMILES string of the molecule is O=C(O)CCC(=S)Nc1cccc(F)c1. The minimum absolute atomic E-state index is 0.0266. The Kier molecular flexibility index (Phi) is 4.17. The van der Waals surface area contributed by atoms with Crippen LogP contribution in [0.1, 0.15) is 12.8 Å². The lowest BCUT2D eigenvalue weighted by molar-refractivity contribution is -0.136. The minimum Gasteiger partial charge on any atom is -0.481 e. The van der Waals surface area contributed by atoms with Crippen LogP contribution < -0.4 is 5.32 Å². The molecule has 0 atom stereocenters. The zero-order chi connectivity index (χ0) is 11.3. The Hall–Kier alpha value is -1.49. The van der Waals surface area contributed by atoms with Gasteiger partial charge in [-0.1, -0.05) is 18.3 Å². The second-order valence-corrected chi connectivity index (χ2v) is 3.45. The molecule has 0 bridgehead atoms. The monoisotopic (exact) mass is 227 g/mol. The highest BCUT2D eigenvalue weighted by Crippen LogP contribution is 2.10. The van der Waals surface area contributed by atoms with Crippen molar-refractivity contribution in [1.29, 1.82) is 0 Å². The molecule has 0 saturated carbocycles. The molecule has 0 fully saturated rings. The van der Waals surface area contributed by atoms with Crippen LogP contribution in [0.5, 0.6) is 0 Å². The van der Waals surface area contributed by atoms with Gasteiger partial charge in [-0.25, -0.2) is 4.39 Å². The van der Waals surface area contributed by atoms with Crippen LogP contribution in [-0.4, -0.2) is 16.1 Å². The highest BCUT2D eigenvalue weighted by atomic mass is 32.1. The molecule has 0 spiro atoms. The molecule has 5 heteroatoms. The standard InChI is InChI=1S/C10H10FNO2S/c11-7-2-1-3-8(6-7)12-9(15)4-5-10(13)14/h1-3,6H,4-5H2,(H,12,15)(H,13,14). The van der Waals surface area contributed by atoms with E-state index in [0.29, 0.717) is 10.7 Å². The third-order valence-electron chi connectivity index (χ3n) is 1.67. The average molecular weight is 227 g/mol. The summed E-state index contributed by atoms with van der Waals surface area (Å²) in [4.78, 5) is 10.7. The number of aliphatic carboxylic acids is 1. The molecule has 0 radical (unpaired) electrons. The number of hydrogen-bond acceptors (Lipinski definition) is 2. The number of nitrogens with one attached hydrogen (secondary N) is 1. The number of carboxylic acids is 1. The van der Waals surface area contributed by atoms with E-state index in [0.717, 1.165) is 0 Å². The first-order chi connectivity index (χ1) is 7.08. The maximum atomic E-state index is 12.8. The smallest absolute Gasteiger partial charge is 0.303 e. The van der Waals surface area contributed by atoms with Crippen LogP contribution in [0.3, 0.4) is 0 Å². The quantitative estimate of drug-likeness (QED) is 0.776. The summed E-state index contributed by atoms with van der Waals surface area (Å²) in [6, 6.07) is 5.84. The van der Waals surface area contributed by atoms with Crippen molar-refractivity contribution in [3.63, 3.8) is 0 Å². The molecular formula is C10H10FNO2S. The molecule has 1 rings (SSSR count). The molecule has 2 N–H and O–H groups in total. The zero-order valence-corrected chi connectivity index (χ0v) is 8.68. The van der Waals surface area contributed by atoms with E-state index in [2.05, 4.69) is 5.32 Å². The largest absolute Gasteiger partial charge is 0.481 e. The number of thiocarbonyl (C=S) groups is 1. The van der Waals surface area contributed by atoms with Gasteiger partial charge in [-0.2, -0.15) is 0 Å². The first-order valence-electron chi connectivity index (χ1n) is 4.35.